The Kier molecular flexibility index (Phi) is 6.59. The highest BCUT2D eigenvalue weighted by molar-refractivity contribution is 7.17. The van der Waals surface area contributed by atoms with Crippen LogP contribution in [0, 0.1) is 0 Å². The molecule has 10 heteroatoms. The molecule has 2 amide bonds. The number of furan rings is 1. The lowest BCUT2D eigenvalue weighted by molar-refractivity contribution is -0.135. The van der Waals surface area contributed by atoms with Gasteiger partial charge in [-0.25, -0.2) is 4.79 Å². The number of amides is 2. The predicted octanol–water partition coefficient (Wildman–Crippen LogP) is 1.93. The third-order valence-corrected chi connectivity index (χ3v) is 6.75. The van der Waals surface area contributed by atoms with Gasteiger partial charge in [-0.2, -0.15) is 0 Å². The molecule has 32 heavy (non-hydrogen) atoms. The maximum Gasteiger partial charge on any atom is 0.332 e. The number of piperidine rings is 1. The SMILES string of the molecule is CC1CCCCN1C(=O)Cn1c(=O)n(CCC(=O)NCc2ccco2)c(=O)c2sccc21. The van der Waals surface area contributed by atoms with Gasteiger partial charge in [-0.05, 0) is 49.8 Å². The molecule has 1 aliphatic rings. The van der Waals surface area contributed by atoms with E-state index in [9.17, 15) is 19.2 Å². The highest BCUT2D eigenvalue weighted by atomic mass is 32.1. The average Bonchev–Trinajstić information content (AvgIpc) is 3.47. The maximum atomic E-state index is 13.2. The van der Waals surface area contributed by atoms with Gasteiger partial charge in [0.2, 0.25) is 11.8 Å². The van der Waals surface area contributed by atoms with Crippen molar-refractivity contribution in [3.63, 3.8) is 0 Å². The van der Waals surface area contributed by atoms with Crippen molar-refractivity contribution in [3.05, 3.63) is 56.4 Å². The highest BCUT2D eigenvalue weighted by Crippen LogP contribution is 2.19. The standard InChI is InChI=1S/C22H26N4O5S/c1-15-5-2-3-9-24(15)19(28)14-26-17-8-12-32-20(17)21(29)25(22(26)30)10-7-18(27)23-13-16-6-4-11-31-16/h4,6,8,11-12,15H,2-3,5,7,9-10,13-14H2,1H3,(H,23,27). The van der Waals surface area contributed by atoms with Crippen LogP contribution < -0.4 is 16.6 Å². The number of likely N-dealkylation sites (tertiary alicyclic amines) is 1. The number of hydrogen-bond donors (Lipinski definition) is 1. The molecular formula is C22H26N4O5S. The smallest absolute Gasteiger partial charge is 0.332 e. The van der Waals surface area contributed by atoms with Gasteiger partial charge < -0.3 is 14.6 Å². The molecule has 0 bridgehead atoms. The van der Waals surface area contributed by atoms with Gasteiger partial charge in [-0.15, -0.1) is 11.3 Å². The Morgan fingerprint density at radius 1 is 1.22 bits per heavy atom. The Morgan fingerprint density at radius 2 is 2.06 bits per heavy atom. The summed E-state index contributed by atoms with van der Waals surface area (Å²) in [4.78, 5) is 53.0. The lowest BCUT2D eigenvalue weighted by Crippen LogP contribution is -2.47. The number of hydrogen-bond acceptors (Lipinski definition) is 6. The fourth-order valence-electron chi connectivity index (χ4n) is 4.08. The molecule has 1 saturated heterocycles. The molecular weight excluding hydrogens is 432 g/mol. The highest BCUT2D eigenvalue weighted by Gasteiger charge is 2.25. The monoisotopic (exact) mass is 458 g/mol. The summed E-state index contributed by atoms with van der Waals surface area (Å²) in [6, 6.07) is 5.30. The summed E-state index contributed by atoms with van der Waals surface area (Å²) >= 11 is 1.23. The van der Waals surface area contributed by atoms with E-state index in [2.05, 4.69) is 5.32 Å². The molecule has 1 aliphatic heterocycles. The van der Waals surface area contributed by atoms with E-state index in [0.29, 0.717) is 22.5 Å². The third-order valence-electron chi connectivity index (χ3n) is 5.86. The number of nitrogens with zero attached hydrogens (tertiary/aromatic N) is 3. The number of carbonyl (C=O) groups is 2. The topological polar surface area (TPSA) is 107 Å². The van der Waals surface area contributed by atoms with Crippen molar-refractivity contribution >= 4 is 33.4 Å². The van der Waals surface area contributed by atoms with Crippen LogP contribution >= 0.6 is 11.3 Å². The van der Waals surface area contributed by atoms with E-state index in [1.54, 1.807) is 23.6 Å². The van der Waals surface area contributed by atoms with Gasteiger partial charge in [0, 0.05) is 25.6 Å². The molecule has 4 rings (SSSR count). The second-order valence-electron chi connectivity index (χ2n) is 8.00. The maximum absolute atomic E-state index is 13.2. The van der Waals surface area contributed by atoms with Gasteiger partial charge in [0.1, 0.15) is 17.0 Å². The Hall–Kier alpha value is -3.14. The molecule has 9 nitrogen and oxygen atoms in total. The van der Waals surface area contributed by atoms with E-state index in [4.69, 9.17) is 4.42 Å². The predicted molar refractivity (Wildman–Crippen MR) is 121 cm³/mol. The molecule has 0 saturated carbocycles. The van der Waals surface area contributed by atoms with E-state index >= 15 is 0 Å². The minimum atomic E-state index is -0.572. The van der Waals surface area contributed by atoms with E-state index in [1.807, 2.05) is 11.8 Å². The Labute approximate surface area is 188 Å². The molecule has 1 N–H and O–H groups in total. The van der Waals surface area contributed by atoms with Crippen LogP contribution in [-0.2, 0) is 29.2 Å². The molecule has 4 heterocycles. The number of thiophene rings is 1. The first-order chi connectivity index (χ1) is 15.5. The summed E-state index contributed by atoms with van der Waals surface area (Å²) in [5, 5.41) is 4.44. The first-order valence-electron chi connectivity index (χ1n) is 10.7. The summed E-state index contributed by atoms with van der Waals surface area (Å²) in [7, 11) is 0. The first kappa shape index (κ1) is 22.1. The fourth-order valence-corrected chi connectivity index (χ4v) is 4.92. The molecule has 1 fully saturated rings. The number of aromatic nitrogens is 2. The minimum absolute atomic E-state index is 0.0379. The zero-order valence-corrected chi connectivity index (χ0v) is 18.7. The summed E-state index contributed by atoms with van der Waals surface area (Å²) in [6.07, 6.45) is 4.47. The molecule has 1 atom stereocenters. The number of rotatable bonds is 7. The van der Waals surface area contributed by atoms with E-state index < -0.39 is 11.2 Å². The number of fused-ring (bicyclic) bond motifs is 1. The Balaban J connectivity index is 1.54. The van der Waals surface area contributed by atoms with Crippen molar-refractivity contribution in [2.45, 2.75) is 58.3 Å². The van der Waals surface area contributed by atoms with Crippen LogP contribution in [-0.4, -0.2) is 38.4 Å². The van der Waals surface area contributed by atoms with Gasteiger partial charge >= 0.3 is 5.69 Å². The van der Waals surface area contributed by atoms with Crippen LogP contribution in [0.2, 0.25) is 0 Å². The summed E-state index contributed by atoms with van der Waals surface area (Å²) in [6.45, 7) is 2.74. The largest absolute Gasteiger partial charge is 0.467 e. The normalized spacial score (nSPS) is 16.4. The van der Waals surface area contributed by atoms with Crippen LogP contribution in [0.5, 0.6) is 0 Å². The molecule has 0 aromatic carbocycles. The zero-order valence-electron chi connectivity index (χ0n) is 17.9. The van der Waals surface area contributed by atoms with Crippen LogP contribution in [0.1, 0.15) is 38.4 Å². The van der Waals surface area contributed by atoms with Crippen molar-refractivity contribution in [1.29, 1.82) is 0 Å². The van der Waals surface area contributed by atoms with Gasteiger partial charge in [0.15, 0.2) is 0 Å². The van der Waals surface area contributed by atoms with E-state index in [1.165, 1.54) is 22.2 Å². The lowest BCUT2D eigenvalue weighted by Gasteiger charge is -2.33. The van der Waals surface area contributed by atoms with E-state index in [0.717, 1.165) is 23.8 Å². The minimum Gasteiger partial charge on any atom is -0.467 e. The summed E-state index contributed by atoms with van der Waals surface area (Å²) in [5.41, 5.74) is -0.548. The molecule has 170 valence electrons. The van der Waals surface area contributed by atoms with Crippen molar-refractivity contribution in [2.24, 2.45) is 0 Å². The van der Waals surface area contributed by atoms with Crippen molar-refractivity contribution < 1.29 is 14.0 Å². The first-order valence-corrected chi connectivity index (χ1v) is 11.6. The Morgan fingerprint density at radius 3 is 2.81 bits per heavy atom. The fraction of sp³-hybridized carbons (Fsp3) is 0.455. The van der Waals surface area contributed by atoms with Gasteiger partial charge in [-0.1, -0.05) is 0 Å². The second-order valence-corrected chi connectivity index (χ2v) is 8.91. The summed E-state index contributed by atoms with van der Waals surface area (Å²) < 4.78 is 7.99. The number of nitrogens with one attached hydrogen (secondary N) is 1. The van der Waals surface area contributed by atoms with Crippen LogP contribution in [0.4, 0.5) is 0 Å². The van der Waals surface area contributed by atoms with Gasteiger partial charge in [-0.3, -0.25) is 23.5 Å². The zero-order chi connectivity index (χ0) is 22.7. The van der Waals surface area contributed by atoms with Gasteiger partial charge in [0.05, 0.1) is 18.3 Å². The lowest BCUT2D eigenvalue weighted by atomic mass is 10.0. The molecule has 3 aromatic rings. The molecule has 0 aliphatic carbocycles. The summed E-state index contributed by atoms with van der Waals surface area (Å²) in [5.74, 6) is 0.181. The second kappa shape index (κ2) is 9.56. The van der Waals surface area contributed by atoms with Gasteiger partial charge in [0.25, 0.3) is 5.56 Å². The van der Waals surface area contributed by atoms with Crippen molar-refractivity contribution in [3.8, 4) is 0 Å². The van der Waals surface area contributed by atoms with E-state index in [-0.39, 0.29) is 43.9 Å². The van der Waals surface area contributed by atoms with Crippen molar-refractivity contribution in [2.75, 3.05) is 6.54 Å². The van der Waals surface area contributed by atoms with Crippen LogP contribution in [0.25, 0.3) is 10.2 Å². The molecule has 0 radical (unpaired) electrons. The van der Waals surface area contributed by atoms with Crippen molar-refractivity contribution in [1.82, 2.24) is 19.4 Å². The molecule has 3 aromatic heterocycles. The van der Waals surface area contributed by atoms with Crippen LogP contribution in [0.3, 0.4) is 0 Å². The quantitative estimate of drug-likeness (QED) is 0.582. The number of carbonyl (C=O) groups excluding carboxylic acids is 2. The third kappa shape index (κ3) is 4.55. The molecule has 0 spiro atoms. The van der Waals surface area contributed by atoms with Crippen LogP contribution in [0.15, 0.2) is 43.8 Å². The molecule has 1 unspecified atom stereocenters. The average molecular weight is 459 g/mol. The Bertz CT molecular complexity index is 1220.